The topological polar surface area (TPSA) is 192 Å². The molecule has 8 N–H and O–H groups in total. The first-order valence-corrected chi connectivity index (χ1v) is 20.4. The van der Waals surface area contributed by atoms with Gasteiger partial charge in [-0.3, -0.25) is 24.0 Å². The zero-order valence-corrected chi connectivity index (χ0v) is 33.3. The molecular formula is C44H60N8O5. The fraction of sp³-hybridized carbons (Fsp3) is 0.477. The van der Waals surface area contributed by atoms with E-state index in [0.29, 0.717) is 71.2 Å². The standard InChI is InChI=1S/C44H60N8O5/c1-30(2)26-37(50-42(55)38(28-32-16-8-4-9-17-32)49-40(53)35(46)27-31-14-6-3-7-15-31)41(54)48-36(20-12-13-23-45)44(57)51-24-21-33(22-25-51)39-43(56)47-29-52(39)34-18-10-5-11-19-34/h3-11,14-19,30,33,35-39H,12-13,20-29,45-46H2,1-2H3,(H,47,56)(H,48,54)(H,49,53)(H,50,55)/t35-,36-,37-,38-,39?/m1/s1. The largest absolute Gasteiger partial charge is 0.343 e. The Morgan fingerprint density at radius 3 is 1.88 bits per heavy atom. The number of rotatable bonds is 19. The third-order valence-electron chi connectivity index (χ3n) is 10.9. The van der Waals surface area contributed by atoms with Crippen LogP contribution in [0, 0.1) is 11.8 Å². The van der Waals surface area contributed by atoms with E-state index in [1.807, 2.05) is 105 Å². The molecule has 0 bridgehead atoms. The van der Waals surface area contributed by atoms with Gasteiger partial charge in [-0.05, 0) is 86.6 Å². The highest BCUT2D eigenvalue weighted by Crippen LogP contribution is 2.30. The maximum atomic E-state index is 14.1. The van der Waals surface area contributed by atoms with Gasteiger partial charge in [0.2, 0.25) is 29.5 Å². The third-order valence-corrected chi connectivity index (χ3v) is 10.9. The Bertz CT molecular complexity index is 1750. The van der Waals surface area contributed by atoms with Crippen LogP contribution in [0.15, 0.2) is 91.0 Å². The van der Waals surface area contributed by atoms with E-state index in [1.165, 1.54) is 0 Å². The zero-order valence-electron chi connectivity index (χ0n) is 33.3. The number of benzene rings is 3. The number of unbranched alkanes of at least 4 members (excludes halogenated alkanes) is 1. The number of anilines is 1. The molecule has 13 heteroatoms. The van der Waals surface area contributed by atoms with E-state index >= 15 is 0 Å². The minimum absolute atomic E-state index is 0.00519. The fourth-order valence-electron chi connectivity index (χ4n) is 7.80. The van der Waals surface area contributed by atoms with Gasteiger partial charge in [-0.15, -0.1) is 0 Å². The van der Waals surface area contributed by atoms with Crippen LogP contribution < -0.4 is 37.6 Å². The maximum Gasteiger partial charge on any atom is 0.245 e. The van der Waals surface area contributed by atoms with Gasteiger partial charge in [0.25, 0.3) is 0 Å². The van der Waals surface area contributed by atoms with Crippen molar-refractivity contribution < 1.29 is 24.0 Å². The summed E-state index contributed by atoms with van der Waals surface area (Å²) in [6.45, 7) is 5.72. The van der Waals surface area contributed by atoms with Crippen LogP contribution in [-0.4, -0.2) is 90.9 Å². The second-order valence-electron chi connectivity index (χ2n) is 15.7. The number of piperidine rings is 1. The molecule has 1 unspecified atom stereocenters. The average Bonchev–Trinajstić information content (AvgIpc) is 3.61. The molecule has 2 aliphatic heterocycles. The first-order chi connectivity index (χ1) is 27.5. The Morgan fingerprint density at radius 2 is 1.28 bits per heavy atom. The molecule has 2 fully saturated rings. The lowest BCUT2D eigenvalue weighted by atomic mass is 9.88. The number of nitrogens with zero attached hydrogens (tertiary/aromatic N) is 2. The first-order valence-electron chi connectivity index (χ1n) is 20.4. The van der Waals surface area contributed by atoms with Crippen LogP contribution in [0.25, 0.3) is 0 Å². The van der Waals surface area contributed by atoms with Crippen molar-refractivity contribution in [2.24, 2.45) is 23.3 Å². The van der Waals surface area contributed by atoms with E-state index in [-0.39, 0.29) is 36.1 Å². The second kappa shape index (κ2) is 21.3. The molecule has 3 aromatic rings. The van der Waals surface area contributed by atoms with Crippen LogP contribution in [0.3, 0.4) is 0 Å². The Morgan fingerprint density at radius 1 is 0.737 bits per heavy atom. The average molecular weight is 781 g/mol. The van der Waals surface area contributed by atoms with E-state index < -0.39 is 41.9 Å². The molecule has 0 aromatic heterocycles. The fourth-order valence-corrected chi connectivity index (χ4v) is 7.80. The summed E-state index contributed by atoms with van der Waals surface area (Å²) in [5, 5.41) is 11.8. The van der Waals surface area contributed by atoms with Crippen molar-refractivity contribution in [1.29, 1.82) is 0 Å². The quantitative estimate of drug-likeness (QED) is 0.100. The summed E-state index contributed by atoms with van der Waals surface area (Å²) >= 11 is 0. The van der Waals surface area contributed by atoms with Crippen LogP contribution in [0.1, 0.15) is 63.5 Å². The number of hydrogen-bond acceptors (Lipinski definition) is 8. The molecule has 5 amide bonds. The lowest BCUT2D eigenvalue weighted by Gasteiger charge is -2.38. The van der Waals surface area contributed by atoms with Crippen molar-refractivity contribution in [3.8, 4) is 0 Å². The van der Waals surface area contributed by atoms with Gasteiger partial charge < -0.3 is 42.5 Å². The van der Waals surface area contributed by atoms with E-state index in [0.717, 1.165) is 16.8 Å². The molecule has 0 spiro atoms. The van der Waals surface area contributed by atoms with Crippen LogP contribution in [0.4, 0.5) is 5.69 Å². The van der Waals surface area contributed by atoms with Crippen molar-refractivity contribution in [3.63, 3.8) is 0 Å². The molecule has 5 atom stereocenters. The Balaban J connectivity index is 1.26. The molecule has 2 saturated heterocycles. The molecule has 2 aliphatic rings. The Kier molecular flexibility index (Phi) is 16.0. The smallest absolute Gasteiger partial charge is 0.245 e. The van der Waals surface area contributed by atoms with Gasteiger partial charge in [0.15, 0.2) is 0 Å². The van der Waals surface area contributed by atoms with Crippen molar-refractivity contribution in [2.75, 3.05) is 31.2 Å². The summed E-state index contributed by atoms with van der Waals surface area (Å²) in [4.78, 5) is 72.6. The number of carbonyl (C=O) groups is 5. The summed E-state index contributed by atoms with van der Waals surface area (Å²) in [7, 11) is 0. The number of nitrogens with two attached hydrogens (primary N) is 2. The molecule has 0 aliphatic carbocycles. The Hall–Kier alpha value is -5.27. The van der Waals surface area contributed by atoms with Crippen molar-refractivity contribution in [2.45, 2.75) is 95.4 Å². The van der Waals surface area contributed by atoms with Crippen LogP contribution in [0.5, 0.6) is 0 Å². The predicted octanol–water partition coefficient (Wildman–Crippen LogP) is 2.63. The van der Waals surface area contributed by atoms with Gasteiger partial charge in [-0.2, -0.15) is 0 Å². The SMILES string of the molecule is CC(C)C[C@@H](NC(=O)[C@@H](Cc1ccccc1)NC(=O)[C@H](N)Cc1ccccc1)C(=O)N[C@H](CCCCN)C(=O)N1CCC(C2C(=O)NCN2c2ccccc2)CC1. The third kappa shape index (κ3) is 12.4. The normalized spacial score (nSPS) is 18.0. The van der Waals surface area contributed by atoms with E-state index in [9.17, 15) is 24.0 Å². The highest BCUT2D eigenvalue weighted by Gasteiger charge is 2.41. The molecular weight excluding hydrogens is 721 g/mol. The van der Waals surface area contributed by atoms with Crippen molar-refractivity contribution >= 4 is 35.2 Å². The van der Waals surface area contributed by atoms with Gasteiger partial charge >= 0.3 is 0 Å². The highest BCUT2D eigenvalue weighted by atomic mass is 16.2. The summed E-state index contributed by atoms with van der Waals surface area (Å²) in [6.07, 6.45) is 3.80. The molecule has 0 saturated carbocycles. The molecule has 306 valence electrons. The summed E-state index contributed by atoms with van der Waals surface area (Å²) in [5.41, 5.74) is 14.8. The lowest BCUT2D eigenvalue weighted by Crippen LogP contribution is -2.59. The van der Waals surface area contributed by atoms with Gasteiger partial charge in [-0.25, -0.2) is 0 Å². The number of likely N-dealkylation sites (tertiary alicyclic amines) is 1. The summed E-state index contributed by atoms with van der Waals surface area (Å²) < 4.78 is 0. The van der Waals surface area contributed by atoms with Gasteiger partial charge in [0.1, 0.15) is 24.2 Å². The van der Waals surface area contributed by atoms with Gasteiger partial charge in [0.05, 0.1) is 12.7 Å². The zero-order chi connectivity index (χ0) is 40.7. The number of carbonyl (C=O) groups excluding carboxylic acids is 5. The number of hydrogen-bond donors (Lipinski definition) is 6. The van der Waals surface area contributed by atoms with E-state index in [2.05, 4.69) is 26.2 Å². The minimum Gasteiger partial charge on any atom is -0.343 e. The maximum absolute atomic E-state index is 14.1. The minimum atomic E-state index is -1.01. The van der Waals surface area contributed by atoms with Gasteiger partial charge in [-0.1, -0.05) is 92.7 Å². The van der Waals surface area contributed by atoms with E-state index in [1.54, 1.807) is 4.90 Å². The number of para-hydroxylation sites is 1. The second-order valence-corrected chi connectivity index (χ2v) is 15.7. The first kappa shape index (κ1) is 42.9. The molecule has 5 rings (SSSR count). The highest BCUT2D eigenvalue weighted by molar-refractivity contribution is 5.95. The van der Waals surface area contributed by atoms with E-state index in [4.69, 9.17) is 11.5 Å². The molecule has 2 heterocycles. The lowest BCUT2D eigenvalue weighted by molar-refractivity contribution is -0.139. The van der Waals surface area contributed by atoms with Crippen molar-refractivity contribution in [3.05, 3.63) is 102 Å². The summed E-state index contributed by atoms with van der Waals surface area (Å²) in [5.74, 6) is -1.57. The molecule has 57 heavy (non-hydrogen) atoms. The predicted molar refractivity (Wildman–Crippen MR) is 221 cm³/mol. The molecule has 0 radical (unpaired) electrons. The molecule has 3 aromatic carbocycles. The number of amides is 5. The van der Waals surface area contributed by atoms with Gasteiger partial charge in [0, 0.05) is 25.2 Å². The monoisotopic (exact) mass is 780 g/mol. The molecule has 13 nitrogen and oxygen atoms in total. The van der Waals surface area contributed by atoms with Crippen LogP contribution in [0.2, 0.25) is 0 Å². The van der Waals surface area contributed by atoms with Crippen LogP contribution >= 0.6 is 0 Å². The Labute approximate surface area is 336 Å². The summed E-state index contributed by atoms with van der Waals surface area (Å²) in [6, 6.07) is 24.6. The van der Waals surface area contributed by atoms with Crippen molar-refractivity contribution in [1.82, 2.24) is 26.2 Å². The van der Waals surface area contributed by atoms with Crippen LogP contribution in [-0.2, 0) is 36.8 Å². The number of nitrogens with one attached hydrogen (secondary N) is 4.